The van der Waals surface area contributed by atoms with Crippen molar-refractivity contribution in [2.24, 2.45) is 0 Å². The molecule has 3 heteroatoms. The van der Waals surface area contributed by atoms with E-state index in [1.54, 1.807) is 18.4 Å². The molecule has 1 fully saturated rings. The largest absolute Gasteiger partial charge is 0.496 e. The maximum absolute atomic E-state index is 5.43. The number of hydrogen-bond donors (Lipinski definition) is 1. The fraction of sp³-hybridized carbons (Fsp3) is 0.333. The highest BCUT2D eigenvalue weighted by molar-refractivity contribution is 7.13. The lowest BCUT2D eigenvalue weighted by Gasteiger charge is -2.11. The molecule has 2 aromatic rings. The predicted octanol–water partition coefficient (Wildman–Crippen LogP) is 3.68. The first-order valence-corrected chi connectivity index (χ1v) is 7.19. The Morgan fingerprint density at radius 1 is 1.33 bits per heavy atom. The van der Waals surface area contributed by atoms with E-state index in [0.717, 1.165) is 18.3 Å². The normalized spacial score (nSPS) is 14.7. The van der Waals surface area contributed by atoms with Crippen molar-refractivity contribution >= 4 is 11.3 Å². The van der Waals surface area contributed by atoms with E-state index >= 15 is 0 Å². The van der Waals surface area contributed by atoms with Gasteiger partial charge >= 0.3 is 0 Å². The van der Waals surface area contributed by atoms with Gasteiger partial charge in [-0.15, -0.1) is 11.3 Å². The Kier molecular flexibility index (Phi) is 3.35. The molecule has 1 heterocycles. The molecule has 94 valence electrons. The molecule has 1 saturated carbocycles. The van der Waals surface area contributed by atoms with Crippen LogP contribution in [-0.4, -0.2) is 13.2 Å². The number of nitrogens with one attached hydrogen (secondary N) is 1. The summed E-state index contributed by atoms with van der Waals surface area (Å²) >= 11 is 1.77. The van der Waals surface area contributed by atoms with Gasteiger partial charge in [0, 0.05) is 23.0 Å². The maximum Gasteiger partial charge on any atom is 0.123 e. The Balaban J connectivity index is 1.85. The van der Waals surface area contributed by atoms with Gasteiger partial charge in [-0.25, -0.2) is 0 Å². The predicted molar refractivity (Wildman–Crippen MR) is 76.2 cm³/mol. The standard InChI is InChI=1S/C15H17NOS/c1-17-14-7-4-11(15-3-2-8-18-15)9-12(14)10-16-13-5-6-13/h2-4,7-9,13,16H,5-6,10H2,1H3. The summed E-state index contributed by atoms with van der Waals surface area (Å²) in [4.78, 5) is 1.31. The van der Waals surface area contributed by atoms with Crippen molar-refractivity contribution in [3.63, 3.8) is 0 Å². The van der Waals surface area contributed by atoms with Gasteiger partial charge < -0.3 is 10.1 Å². The second-order valence-electron chi connectivity index (χ2n) is 4.66. The van der Waals surface area contributed by atoms with Gasteiger partial charge in [-0.05, 0) is 48.1 Å². The monoisotopic (exact) mass is 259 g/mol. The first kappa shape index (κ1) is 11.8. The van der Waals surface area contributed by atoms with Crippen LogP contribution in [0, 0.1) is 0 Å². The van der Waals surface area contributed by atoms with Crippen molar-refractivity contribution in [1.29, 1.82) is 0 Å². The molecule has 0 saturated heterocycles. The van der Waals surface area contributed by atoms with E-state index in [1.807, 2.05) is 0 Å². The number of rotatable bonds is 5. The minimum atomic E-state index is 0.722. The first-order chi connectivity index (χ1) is 8.86. The molecule has 2 nitrogen and oxygen atoms in total. The molecular formula is C15H17NOS. The summed E-state index contributed by atoms with van der Waals surface area (Å²) in [7, 11) is 1.74. The van der Waals surface area contributed by atoms with Gasteiger partial charge in [0.1, 0.15) is 5.75 Å². The van der Waals surface area contributed by atoms with Gasteiger partial charge in [0.2, 0.25) is 0 Å². The lowest BCUT2D eigenvalue weighted by Crippen LogP contribution is -2.15. The van der Waals surface area contributed by atoms with Crippen LogP contribution in [0.1, 0.15) is 18.4 Å². The SMILES string of the molecule is COc1ccc(-c2cccs2)cc1CNC1CC1. The highest BCUT2D eigenvalue weighted by atomic mass is 32.1. The number of thiophene rings is 1. The molecule has 0 spiro atoms. The van der Waals surface area contributed by atoms with Crippen LogP contribution >= 0.6 is 11.3 Å². The molecule has 0 aliphatic heterocycles. The second-order valence-corrected chi connectivity index (χ2v) is 5.61. The molecule has 0 amide bonds. The molecule has 0 bridgehead atoms. The number of ether oxygens (including phenoxy) is 1. The van der Waals surface area contributed by atoms with E-state index in [-0.39, 0.29) is 0 Å². The van der Waals surface area contributed by atoms with Gasteiger partial charge in [-0.3, -0.25) is 0 Å². The summed E-state index contributed by atoms with van der Waals surface area (Å²) in [6.07, 6.45) is 2.62. The summed E-state index contributed by atoms with van der Waals surface area (Å²) in [5.74, 6) is 0.975. The van der Waals surface area contributed by atoms with Crippen LogP contribution in [0.5, 0.6) is 5.75 Å². The molecule has 1 aromatic carbocycles. The zero-order chi connectivity index (χ0) is 12.4. The van der Waals surface area contributed by atoms with E-state index in [2.05, 4.69) is 41.0 Å². The molecule has 0 unspecified atom stereocenters. The average molecular weight is 259 g/mol. The van der Waals surface area contributed by atoms with Crippen LogP contribution in [0.3, 0.4) is 0 Å². The van der Waals surface area contributed by atoms with Crippen LogP contribution in [0.2, 0.25) is 0 Å². The molecule has 1 aliphatic rings. The molecule has 1 aromatic heterocycles. The Bertz CT molecular complexity index is 517. The summed E-state index contributed by atoms with van der Waals surface area (Å²) < 4.78 is 5.43. The van der Waals surface area contributed by atoms with E-state index in [4.69, 9.17) is 4.74 Å². The van der Waals surface area contributed by atoms with Gasteiger partial charge in [0.25, 0.3) is 0 Å². The quantitative estimate of drug-likeness (QED) is 0.884. The molecule has 1 N–H and O–H groups in total. The van der Waals surface area contributed by atoms with Crippen molar-refractivity contribution < 1.29 is 4.74 Å². The first-order valence-electron chi connectivity index (χ1n) is 6.31. The zero-order valence-electron chi connectivity index (χ0n) is 10.5. The molecule has 0 atom stereocenters. The minimum Gasteiger partial charge on any atom is -0.496 e. The number of benzene rings is 1. The van der Waals surface area contributed by atoms with Gasteiger partial charge in [-0.2, -0.15) is 0 Å². The van der Waals surface area contributed by atoms with Gasteiger partial charge in [0.05, 0.1) is 7.11 Å². The van der Waals surface area contributed by atoms with Crippen molar-refractivity contribution in [2.45, 2.75) is 25.4 Å². The van der Waals surface area contributed by atoms with E-state index in [0.29, 0.717) is 0 Å². The zero-order valence-corrected chi connectivity index (χ0v) is 11.3. The Morgan fingerprint density at radius 3 is 2.89 bits per heavy atom. The highest BCUT2D eigenvalue weighted by Gasteiger charge is 2.20. The van der Waals surface area contributed by atoms with E-state index in [9.17, 15) is 0 Å². The Hall–Kier alpha value is -1.32. The number of methoxy groups -OCH3 is 1. The summed E-state index contributed by atoms with van der Waals surface area (Å²) in [5.41, 5.74) is 2.52. The highest BCUT2D eigenvalue weighted by Crippen LogP contribution is 2.30. The lowest BCUT2D eigenvalue weighted by atomic mass is 10.1. The summed E-state index contributed by atoms with van der Waals surface area (Å²) in [6, 6.07) is 11.4. The van der Waals surface area contributed by atoms with Crippen molar-refractivity contribution in [3.8, 4) is 16.2 Å². The molecular weight excluding hydrogens is 242 g/mol. The fourth-order valence-corrected chi connectivity index (χ4v) is 2.78. The smallest absolute Gasteiger partial charge is 0.123 e. The third-order valence-corrected chi connectivity index (χ3v) is 4.16. The van der Waals surface area contributed by atoms with Crippen LogP contribution in [0.15, 0.2) is 35.7 Å². The topological polar surface area (TPSA) is 21.3 Å². The van der Waals surface area contributed by atoms with Crippen LogP contribution in [0.4, 0.5) is 0 Å². The summed E-state index contributed by atoms with van der Waals surface area (Å²) in [5, 5.41) is 5.66. The van der Waals surface area contributed by atoms with Gasteiger partial charge in [-0.1, -0.05) is 6.07 Å². The second kappa shape index (κ2) is 5.12. The number of hydrogen-bond acceptors (Lipinski definition) is 3. The third kappa shape index (κ3) is 2.57. The van der Waals surface area contributed by atoms with Crippen molar-refractivity contribution in [1.82, 2.24) is 5.32 Å². The molecule has 1 aliphatic carbocycles. The lowest BCUT2D eigenvalue weighted by molar-refractivity contribution is 0.407. The Morgan fingerprint density at radius 2 is 2.22 bits per heavy atom. The van der Waals surface area contributed by atoms with Crippen molar-refractivity contribution in [2.75, 3.05) is 7.11 Å². The minimum absolute atomic E-state index is 0.722. The van der Waals surface area contributed by atoms with Crippen molar-refractivity contribution in [3.05, 3.63) is 41.3 Å². The average Bonchev–Trinajstić information content (AvgIpc) is 3.08. The van der Waals surface area contributed by atoms with Crippen LogP contribution < -0.4 is 10.1 Å². The van der Waals surface area contributed by atoms with Gasteiger partial charge in [0.15, 0.2) is 0 Å². The van der Waals surface area contributed by atoms with Crippen LogP contribution in [0.25, 0.3) is 10.4 Å². The van der Waals surface area contributed by atoms with E-state index < -0.39 is 0 Å². The molecule has 3 rings (SSSR count). The Labute approximate surface area is 112 Å². The molecule has 18 heavy (non-hydrogen) atoms. The van der Waals surface area contributed by atoms with Crippen LogP contribution in [-0.2, 0) is 6.54 Å². The van der Waals surface area contributed by atoms with E-state index in [1.165, 1.54) is 28.8 Å². The fourth-order valence-electron chi connectivity index (χ4n) is 2.05. The third-order valence-electron chi connectivity index (χ3n) is 3.24. The molecule has 0 radical (unpaired) electrons. The maximum atomic E-state index is 5.43. The summed E-state index contributed by atoms with van der Waals surface area (Å²) in [6.45, 7) is 0.896.